The zero-order valence-corrected chi connectivity index (χ0v) is 13.7. The molecule has 0 aliphatic rings. The van der Waals surface area contributed by atoms with Gasteiger partial charge in [-0.3, -0.25) is 4.68 Å². The summed E-state index contributed by atoms with van der Waals surface area (Å²) in [4.78, 5) is 0. The first-order chi connectivity index (χ1) is 10.1. The van der Waals surface area contributed by atoms with E-state index in [1.54, 1.807) is 6.20 Å². The van der Waals surface area contributed by atoms with Crippen molar-refractivity contribution in [3.05, 3.63) is 52.0 Å². The quantitative estimate of drug-likeness (QED) is 0.770. The van der Waals surface area contributed by atoms with Crippen LogP contribution < -0.4 is 5.73 Å². The average molecular weight is 348 g/mol. The maximum absolute atomic E-state index is 6.41. The van der Waals surface area contributed by atoms with Crippen molar-refractivity contribution in [2.24, 2.45) is 5.73 Å². The molecule has 1 atom stereocenters. The minimum atomic E-state index is -0.332. The highest BCUT2D eigenvalue weighted by atomic mass is 79.9. The number of benzene rings is 1. The summed E-state index contributed by atoms with van der Waals surface area (Å²) in [7, 11) is 0. The zero-order valence-electron chi connectivity index (χ0n) is 12.1. The lowest BCUT2D eigenvalue weighted by atomic mass is 10.1. The van der Waals surface area contributed by atoms with Crippen molar-refractivity contribution in [1.82, 2.24) is 9.78 Å². The number of hydrogen-bond donors (Lipinski definition) is 1. The van der Waals surface area contributed by atoms with Crippen molar-refractivity contribution in [1.29, 1.82) is 0 Å². The summed E-state index contributed by atoms with van der Waals surface area (Å²) in [5.41, 5.74) is 9.43. The molecule has 2 N–H and O–H groups in total. The van der Waals surface area contributed by atoms with Crippen molar-refractivity contribution in [3.63, 3.8) is 0 Å². The third-order valence-corrected chi connectivity index (χ3v) is 4.17. The monoisotopic (exact) mass is 347 g/mol. The molecular formula is C16H18BrN3O. The molecule has 0 saturated carbocycles. The van der Waals surface area contributed by atoms with E-state index in [4.69, 9.17) is 10.2 Å². The molecule has 1 aromatic carbocycles. The normalized spacial score (nSPS) is 13.0. The standard InChI is InChI=1S/C16H18BrN3O/c1-3-6-20-16(12(17)9-19-20)15(18)14-8-11-7-10(2)4-5-13(11)21-14/h4-5,7-9,15H,3,6,18H2,1-2H3. The summed E-state index contributed by atoms with van der Waals surface area (Å²) in [5.74, 6) is 0.758. The third-order valence-electron chi connectivity index (χ3n) is 3.56. The molecule has 0 fully saturated rings. The van der Waals surface area contributed by atoms with Gasteiger partial charge in [0.25, 0.3) is 0 Å². The number of nitrogens with zero attached hydrogens (tertiary/aromatic N) is 2. The summed E-state index contributed by atoms with van der Waals surface area (Å²) >= 11 is 3.54. The molecule has 0 aliphatic carbocycles. The Kier molecular flexibility index (Phi) is 3.87. The van der Waals surface area contributed by atoms with Gasteiger partial charge in [0.2, 0.25) is 0 Å². The molecule has 110 valence electrons. The topological polar surface area (TPSA) is 57.0 Å². The van der Waals surface area contributed by atoms with Gasteiger partial charge in [-0.2, -0.15) is 5.10 Å². The van der Waals surface area contributed by atoms with Crippen LogP contribution >= 0.6 is 15.9 Å². The molecule has 0 spiro atoms. The molecule has 3 aromatic rings. The van der Waals surface area contributed by atoms with Crippen molar-refractivity contribution in [3.8, 4) is 0 Å². The second-order valence-corrected chi connectivity index (χ2v) is 6.12. The molecule has 2 heterocycles. The van der Waals surface area contributed by atoms with E-state index in [2.05, 4.69) is 40.9 Å². The van der Waals surface area contributed by atoms with Gasteiger partial charge < -0.3 is 10.2 Å². The van der Waals surface area contributed by atoms with E-state index in [1.165, 1.54) is 5.56 Å². The fourth-order valence-corrected chi connectivity index (χ4v) is 3.09. The van der Waals surface area contributed by atoms with E-state index in [0.29, 0.717) is 0 Å². The molecule has 3 rings (SSSR count). The minimum absolute atomic E-state index is 0.332. The number of aromatic nitrogens is 2. The number of fused-ring (bicyclic) bond motifs is 1. The number of aryl methyl sites for hydroxylation is 2. The highest BCUT2D eigenvalue weighted by Gasteiger charge is 2.21. The molecular weight excluding hydrogens is 330 g/mol. The number of furan rings is 1. The molecule has 0 radical (unpaired) electrons. The largest absolute Gasteiger partial charge is 0.459 e. The van der Waals surface area contributed by atoms with E-state index in [0.717, 1.165) is 39.9 Å². The van der Waals surface area contributed by atoms with Crippen LogP contribution in [0.1, 0.15) is 36.4 Å². The zero-order chi connectivity index (χ0) is 15.0. The number of rotatable bonds is 4. The van der Waals surface area contributed by atoms with Crippen LogP contribution in [0.2, 0.25) is 0 Å². The van der Waals surface area contributed by atoms with Crippen LogP contribution in [0.4, 0.5) is 0 Å². The first-order valence-corrected chi connectivity index (χ1v) is 7.86. The smallest absolute Gasteiger partial charge is 0.134 e. The van der Waals surface area contributed by atoms with Gasteiger partial charge in [-0.1, -0.05) is 18.6 Å². The molecule has 0 saturated heterocycles. The van der Waals surface area contributed by atoms with Crippen molar-refractivity contribution in [2.75, 3.05) is 0 Å². The highest BCUT2D eigenvalue weighted by molar-refractivity contribution is 9.10. The highest BCUT2D eigenvalue weighted by Crippen LogP contribution is 2.31. The van der Waals surface area contributed by atoms with Crippen LogP contribution in [-0.4, -0.2) is 9.78 Å². The molecule has 2 aromatic heterocycles. The fourth-order valence-electron chi connectivity index (χ4n) is 2.54. The Hall–Kier alpha value is -1.59. The van der Waals surface area contributed by atoms with Gasteiger partial charge in [0.05, 0.1) is 16.4 Å². The van der Waals surface area contributed by atoms with Crippen molar-refractivity contribution < 1.29 is 4.42 Å². The Morgan fingerprint density at radius 3 is 2.95 bits per heavy atom. The van der Waals surface area contributed by atoms with Crippen LogP contribution in [0.3, 0.4) is 0 Å². The first kappa shape index (κ1) is 14.4. The van der Waals surface area contributed by atoms with E-state index < -0.39 is 0 Å². The summed E-state index contributed by atoms with van der Waals surface area (Å²) in [6, 6.07) is 7.81. The second kappa shape index (κ2) is 5.66. The minimum Gasteiger partial charge on any atom is -0.459 e. The second-order valence-electron chi connectivity index (χ2n) is 5.27. The van der Waals surface area contributed by atoms with Crippen molar-refractivity contribution >= 4 is 26.9 Å². The maximum Gasteiger partial charge on any atom is 0.134 e. The van der Waals surface area contributed by atoms with E-state index >= 15 is 0 Å². The fraction of sp³-hybridized carbons (Fsp3) is 0.312. The Morgan fingerprint density at radius 1 is 1.38 bits per heavy atom. The molecule has 5 heteroatoms. The van der Waals surface area contributed by atoms with Gasteiger partial charge in [0.1, 0.15) is 17.4 Å². The lowest BCUT2D eigenvalue weighted by molar-refractivity contribution is 0.491. The predicted molar refractivity (Wildman–Crippen MR) is 87.2 cm³/mol. The van der Waals surface area contributed by atoms with E-state index in [1.807, 2.05) is 22.9 Å². The van der Waals surface area contributed by atoms with Crippen LogP contribution in [0.5, 0.6) is 0 Å². The van der Waals surface area contributed by atoms with Crippen LogP contribution in [0.15, 0.2) is 39.4 Å². The van der Waals surface area contributed by atoms with Crippen LogP contribution in [0.25, 0.3) is 11.0 Å². The maximum atomic E-state index is 6.41. The predicted octanol–water partition coefficient (Wildman–Crippen LogP) is 4.16. The number of halogens is 1. The first-order valence-electron chi connectivity index (χ1n) is 7.07. The Morgan fingerprint density at radius 2 is 2.19 bits per heavy atom. The third kappa shape index (κ3) is 2.63. The van der Waals surface area contributed by atoms with Gasteiger partial charge in [-0.15, -0.1) is 0 Å². The summed E-state index contributed by atoms with van der Waals surface area (Å²) < 4.78 is 8.76. The molecule has 0 aliphatic heterocycles. The summed E-state index contributed by atoms with van der Waals surface area (Å²) in [6.45, 7) is 5.03. The molecule has 0 amide bonds. The van der Waals surface area contributed by atoms with Crippen LogP contribution in [0, 0.1) is 6.92 Å². The van der Waals surface area contributed by atoms with Crippen molar-refractivity contribution in [2.45, 2.75) is 32.9 Å². The van der Waals surface area contributed by atoms with Gasteiger partial charge in [-0.25, -0.2) is 0 Å². The van der Waals surface area contributed by atoms with Gasteiger partial charge in [0.15, 0.2) is 0 Å². The van der Waals surface area contributed by atoms with Crippen LogP contribution in [-0.2, 0) is 6.54 Å². The van der Waals surface area contributed by atoms with E-state index in [-0.39, 0.29) is 6.04 Å². The molecule has 0 bridgehead atoms. The van der Waals surface area contributed by atoms with Gasteiger partial charge in [-0.05, 0) is 47.5 Å². The Labute approximate surface area is 132 Å². The summed E-state index contributed by atoms with van der Waals surface area (Å²) in [6.07, 6.45) is 2.80. The Balaban J connectivity index is 2.03. The number of nitrogens with two attached hydrogens (primary N) is 1. The Bertz CT molecular complexity index is 775. The summed E-state index contributed by atoms with van der Waals surface area (Å²) in [5, 5.41) is 5.45. The molecule has 4 nitrogen and oxygen atoms in total. The molecule has 1 unspecified atom stereocenters. The lowest BCUT2D eigenvalue weighted by Gasteiger charge is -2.12. The van der Waals surface area contributed by atoms with E-state index in [9.17, 15) is 0 Å². The SMILES string of the molecule is CCCn1ncc(Br)c1C(N)c1cc2cc(C)ccc2o1. The van der Waals surface area contributed by atoms with Gasteiger partial charge in [0, 0.05) is 11.9 Å². The van der Waals surface area contributed by atoms with Gasteiger partial charge >= 0.3 is 0 Å². The average Bonchev–Trinajstić information content (AvgIpc) is 3.02. The molecule has 21 heavy (non-hydrogen) atoms. The lowest BCUT2D eigenvalue weighted by Crippen LogP contribution is -2.17. The number of hydrogen-bond acceptors (Lipinski definition) is 3.